The number of rotatable bonds is 4. The second-order valence-electron chi connectivity index (χ2n) is 3.65. The number of carbonyl (C=O) groups excluding carboxylic acids is 1. The molecule has 0 aromatic heterocycles. The molecule has 1 rings (SSSR count). The van der Waals surface area contributed by atoms with Gasteiger partial charge in [-0.25, -0.2) is 0 Å². The predicted molar refractivity (Wildman–Crippen MR) is 56.5 cm³/mol. The van der Waals surface area contributed by atoms with Crippen LogP contribution in [0, 0.1) is 11.8 Å². The summed E-state index contributed by atoms with van der Waals surface area (Å²) in [5.41, 5.74) is 0. The fourth-order valence-corrected chi connectivity index (χ4v) is 1.32. The number of ketones is 1. The van der Waals surface area contributed by atoms with Crippen molar-refractivity contribution in [2.75, 3.05) is 34.0 Å². The average molecular weight is 211 g/mol. The highest BCUT2D eigenvalue weighted by Crippen LogP contribution is 2.11. The van der Waals surface area contributed by atoms with Crippen LogP contribution in [0.5, 0.6) is 0 Å². The van der Waals surface area contributed by atoms with Crippen LogP contribution in [-0.4, -0.2) is 56.7 Å². The van der Waals surface area contributed by atoms with Gasteiger partial charge in [0.25, 0.3) is 0 Å². The maximum Gasteiger partial charge on any atom is 0.202 e. The Morgan fingerprint density at radius 2 is 2.33 bits per heavy atom. The Hall–Kier alpha value is -0.890. The molecule has 1 saturated heterocycles. The molecule has 1 unspecified atom stereocenters. The summed E-state index contributed by atoms with van der Waals surface area (Å²) in [7, 11) is 3.61. The van der Waals surface area contributed by atoms with Crippen LogP contribution in [0.25, 0.3) is 0 Å². The van der Waals surface area contributed by atoms with Crippen LogP contribution in [-0.2, 0) is 14.3 Å². The Morgan fingerprint density at radius 1 is 1.67 bits per heavy atom. The first-order chi connectivity index (χ1) is 7.15. The van der Waals surface area contributed by atoms with E-state index in [9.17, 15) is 4.79 Å². The summed E-state index contributed by atoms with van der Waals surface area (Å²) in [5.74, 6) is 5.36. The molecule has 0 saturated carbocycles. The molecule has 0 aromatic rings. The van der Waals surface area contributed by atoms with Gasteiger partial charge in [-0.2, -0.15) is 0 Å². The van der Waals surface area contributed by atoms with Gasteiger partial charge in [0.05, 0.1) is 31.9 Å². The number of carbonyl (C=O) groups is 1. The van der Waals surface area contributed by atoms with Crippen molar-refractivity contribution in [2.45, 2.75) is 19.0 Å². The molecule has 0 aromatic carbocycles. The van der Waals surface area contributed by atoms with Crippen molar-refractivity contribution in [3.63, 3.8) is 0 Å². The van der Waals surface area contributed by atoms with Crippen molar-refractivity contribution in [3.8, 4) is 11.8 Å². The largest absolute Gasteiger partial charge is 0.382 e. The first-order valence-corrected chi connectivity index (χ1v) is 4.96. The third-order valence-corrected chi connectivity index (χ3v) is 2.43. The summed E-state index contributed by atoms with van der Waals surface area (Å²) < 4.78 is 10.2. The number of Topliss-reactive ketones (excluding diaryl/α,β-unsaturated/α-hetero) is 1. The molecule has 84 valence electrons. The predicted octanol–water partition coefficient (Wildman–Crippen LogP) is -0.0756. The van der Waals surface area contributed by atoms with Gasteiger partial charge in [0.2, 0.25) is 5.78 Å². The van der Waals surface area contributed by atoms with E-state index in [1.54, 1.807) is 7.11 Å². The second kappa shape index (κ2) is 5.86. The Balaban J connectivity index is 2.56. The van der Waals surface area contributed by atoms with E-state index in [0.29, 0.717) is 12.6 Å². The fourth-order valence-electron chi connectivity index (χ4n) is 1.32. The van der Waals surface area contributed by atoms with Gasteiger partial charge in [-0.3, -0.25) is 9.69 Å². The lowest BCUT2D eigenvalue weighted by atomic mass is 10.1. The van der Waals surface area contributed by atoms with Crippen molar-refractivity contribution >= 4 is 5.78 Å². The van der Waals surface area contributed by atoms with E-state index in [2.05, 4.69) is 16.7 Å². The molecule has 0 bridgehead atoms. The van der Waals surface area contributed by atoms with Gasteiger partial charge in [0.15, 0.2) is 0 Å². The molecule has 15 heavy (non-hydrogen) atoms. The number of likely N-dealkylation sites (N-methyl/N-ethyl adjacent to an activating group) is 1. The Labute approximate surface area is 90.5 Å². The van der Waals surface area contributed by atoms with E-state index < -0.39 is 0 Å². The molecule has 1 atom stereocenters. The van der Waals surface area contributed by atoms with Gasteiger partial charge in [0, 0.05) is 14.0 Å². The molecule has 0 N–H and O–H groups in total. The maximum absolute atomic E-state index is 10.8. The van der Waals surface area contributed by atoms with E-state index in [1.165, 1.54) is 6.92 Å². The molecular formula is C11H17NO3. The standard InChI is InChI=1S/C11H17NO3/c1-9(13)4-5-10(6-14-3)12(2)11-7-15-8-11/h10-11H,6-8H2,1-3H3. The molecule has 1 fully saturated rings. The van der Waals surface area contributed by atoms with Gasteiger partial charge in [-0.15, -0.1) is 0 Å². The summed E-state index contributed by atoms with van der Waals surface area (Å²) in [6.07, 6.45) is 0. The number of nitrogens with zero attached hydrogens (tertiary/aromatic N) is 1. The number of ether oxygens (including phenoxy) is 2. The van der Waals surface area contributed by atoms with Gasteiger partial charge < -0.3 is 9.47 Å². The minimum Gasteiger partial charge on any atom is -0.382 e. The zero-order valence-corrected chi connectivity index (χ0v) is 9.45. The van der Waals surface area contributed by atoms with Gasteiger partial charge in [0.1, 0.15) is 0 Å². The quantitative estimate of drug-likeness (QED) is 0.482. The van der Waals surface area contributed by atoms with Crippen molar-refractivity contribution in [2.24, 2.45) is 0 Å². The topological polar surface area (TPSA) is 38.8 Å². The highest BCUT2D eigenvalue weighted by atomic mass is 16.5. The van der Waals surface area contributed by atoms with Crippen molar-refractivity contribution in [1.82, 2.24) is 4.90 Å². The first-order valence-electron chi connectivity index (χ1n) is 4.96. The maximum atomic E-state index is 10.8. The Kier molecular flexibility index (Phi) is 4.76. The lowest BCUT2D eigenvalue weighted by Gasteiger charge is -2.37. The molecule has 0 aliphatic carbocycles. The monoisotopic (exact) mass is 211 g/mol. The van der Waals surface area contributed by atoms with Crippen LogP contribution in [0.3, 0.4) is 0 Å². The molecule has 4 nitrogen and oxygen atoms in total. The molecule has 0 spiro atoms. The number of hydrogen-bond donors (Lipinski definition) is 0. The molecular weight excluding hydrogens is 194 g/mol. The number of methoxy groups -OCH3 is 1. The Morgan fingerprint density at radius 3 is 2.73 bits per heavy atom. The summed E-state index contributed by atoms with van der Waals surface area (Å²) >= 11 is 0. The van der Waals surface area contributed by atoms with Crippen LogP contribution in [0.4, 0.5) is 0 Å². The molecule has 4 heteroatoms. The zero-order chi connectivity index (χ0) is 11.3. The zero-order valence-electron chi connectivity index (χ0n) is 9.45. The van der Waals surface area contributed by atoms with Gasteiger partial charge in [-0.1, -0.05) is 5.92 Å². The highest BCUT2D eigenvalue weighted by molar-refractivity contribution is 5.93. The van der Waals surface area contributed by atoms with Crippen LogP contribution in [0.15, 0.2) is 0 Å². The van der Waals surface area contributed by atoms with Crippen LogP contribution >= 0.6 is 0 Å². The second-order valence-corrected chi connectivity index (χ2v) is 3.65. The third-order valence-electron chi connectivity index (χ3n) is 2.43. The van der Waals surface area contributed by atoms with Crippen LogP contribution in [0.2, 0.25) is 0 Å². The minimum absolute atomic E-state index is 0.0344. The summed E-state index contributed by atoms with van der Waals surface area (Å²) in [6.45, 7) is 3.44. The molecule has 0 amide bonds. The van der Waals surface area contributed by atoms with E-state index in [4.69, 9.17) is 9.47 Å². The van der Waals surface area contributed by atoms with E-state index >= 15 is 0 Å². The van der Waals surface area contributed by atoms with E-state index in [-0.39, 0.29) is 11.8 Å². The molecule has 1 heterocycles. The first kappa shape index (κ1) is 12.2. The van der Waals surface area contributed by atoms with Gasteiger partial charge >= 0.3 is 0 Å². The minimum atomic E-state index is -0.116. The number of hydrogen-bond acceptors (Lipinski definition) is 4. The lowest BCUT2D eigenvalue weighted by Crippen LogP contribution is -2.52. The summed E-state index contributed by atoms with van der Waals surface area (Å²) in [5, 5.41) is 0. The fraction of sp³-hybridized carbons (Fsp3) is 0.727. The van der Waals surface area contributed by atoms with Gasteiger partial charge in [-0.05, 0) is 13.0 Å². The average Bonchev–Trinajstić information content (AvgIpc) is 2.08. The smallest absolute Gasteiger partial charge is 0.202 e. The summed E-state index contributed by atoms with van der Waals surface area (Å²) in [6, 6.07) is 0.360. The van der Waals surface area contributed by atoms with Crippen molar-refractivity contribution < 1.29 is 14.3 Å². The van der Waals surface area contributed by atoms with Crippen LogP contribution in [0.1, 0.15) is 6.92 Å². The van der Waals surface area contributed by atoms with Crippen molar-refractivity contribution in [1.29, 1.82) is 0 Å². The van der Waals surface area contributed by atoms with Crippen molar-refractivity contribution in [3.05, 3.63) is 0 Å². The SMILES string of the molecule is COCC(C#CC(C)=O)N(C)C1COC1. The normalized spacial score (nSPS) is 17.9. The Bertz CT molecular complexity index is 275. The molecule has 1 aliphatic rings. The van der Waals surface area contributed by atoms with E-state index in [1.807, 2.05) is 7.05 Å². The molecule has 1 aliphatic heterocycles. The third kappa shape index (κ3) is 3.63. The lowest BCUT2D eigenvalue weighted by molar-refractivity contribution is -0.111. The highest BCUT2D eigenvalue weighted by Gasteiger charge is 2.27. The molecule has 0 radical (unpaired) electrons. The summed E-state index contributed by atoms with van der Waals surface area (Å²) in [4.78, 5) is 12.9. The van der Waals surface area contributed by atoms with E-state index in [0.717, 1.165) is 13.2 Å². The van der Waals surface area contributed by atoms with Crippen LogP contribution < -0.4 is 0 Å².